The first-order valence-corrected chi connectivity index (χ1v) is 15.3. The van der Waals surface area contributed by atoms with E-state index in [0.717, 1.165) is 32.5 Å². The number of benzodiazepines with no additional fused rings is 1. The van der Waals surface area contributed by atoms with Crippen molar-refractivity contribution in [2.75, 3.05) is 17.3 Å². The maximum atomic E-state index is 14.4. The van der Waals surface area contributed by atoms with E-state index in [9.17, 15) is 9.59 Å². The van der Waals surface area contributed by atoms with E-state index in [0.29, 0.717) is 35.1 Å². The molecule has 9 heteroatoms. The van der Waals surface area contributed by atoms with Crippen LogP contribution in [0.4, 0.5) is 16.2 Å². The third kappa shape index (κ3) is 7.49. The van der Waals surface area contributed by atoms with Crippen molar-refractivity contribution >= 4 is 56.6 Å². The zero-order valence-electron chi connectivity index (χ0n) is 24.9. The summed E-state index contributed by atoms with van der Waals surface area (Å²) in [6.45, 7) is 5.77. The van der Waals surface area contributed by atoms with Crippen molar-refractivity contribution < 1.29 is 19.1 Å². The fraction of sp³-hybridized carbons (Fsp3) is 0.229. The van der Waals surface area contributed by atoms with Gasteiger partial charge in [0.15, 0.2) is 0 Å². The fourth-order valence-electron chi connectivity index (χ4n) is 4.96. The highest BCUT2D eigenvalue weighted by Gasteiger charge is 2.33. The number of ether oxygens (including phenoxy) is 2. The van der Waals surface area contributed by atoms with Crippen LogP contribution in [-0.4, -0.2) is 36.5 Å². The summed E-state index contributed by atoms with van der Waals surface area (Å²) in [7, 11) is 1.62. The number of hydrogen-bond acceptors (Lipinski definition) is 5. The molecule has 0 saturated heterocycles. The molecule has 0 aliphatic carbocycles. The van der Waals surface area contributed by atoms with Gasteiger partial charge in [-0.1, -0.05) is 70.0 Å². The average molecular weight is 675 g/mol. The molecule has 0 fully saturated rings. The molecule has 1 N–H and O–H groups in total. The van der Waals surface area contributed by atoms with Crippen LogP contribution >= 0.6 is 27.5 Å². The van der Waals surface area contributed by atoms with Crippen LogP contribution < -0.4 is 15.0 Å². The molecule has 0 bridgehead atoms. The van der Waals surface area contributed by atoms with Gasteiger partial charge in [0, 0.05) is 32.7 Å². The molecule has 1 unspecified atom stereocenters. The number of nitrogens with zero attached hydrogens (tertiary/aromatic N) is 2. The van der Waals surface area contributed by atoms with Gasteiger partial charge < -0.3 is 14.4 Å². The van der Waals surface area contributed by atoms with Gasteiger partial charge in [0.1, 0.15) is 17.4 Å². The second kappa shape index (κ2) is 13.2. The van der Waals surface area contributed by atoms with Crippen molar-refractivity contribution in [3.05, 3.63) is 123 Å². The Bertz CT molecular complexity index is 1700. The van der Waals surface area contributed by atoms with Gasteiger partial charge >= 0.3 is 6.09 Å². The number of benzene rings is 4. The smallest absolute Gasteiger partial charge is 0.412 e. The quantitative estimate of drug-likeness (QED) is 0.213. The summed E-state index contributed by atoms with van der Waals surface area (Å²) in [4.78, 5) is 33.6. The summed E-state index contributed by atoms with van der Waals surface area (Å²) in [6.07, 6.45) is -0.148. The number of aliphatic imine (C=N–C) groups is 1. The van der Waals surface area contributed by atoms with Crippen LogP contribution in [0.5, 0.6) is 5.75 Å². The van der Waals surface area contributed by atoms with Gasteiger partial charge in [-0.15, -0.1) is 0 Å². The molecule has 226 valence electrons. The predicted octanol–water partition coefficient (Wildman–Crippen LogP) is 8.45. The molecule has 1 heterocycles. The molecule has 0 spiro atoms. The minimum atomic E-state index is -0.715. The first kappa shape index (κ1) is 31.3. The van der Waals surface area contributed by atoms with E-state index in [1.165, 1.54) is 0 Å². The van der Waals surface area contributed by atoms with E-state index in [4.69, 9.17) is 26.1 Å². The topological polar surface area (TPSA) is 80.2 Å². The lowest BCUT2D eigenvalue weighted by molar-refractivity contribution is -0.119. The summed E-state index contributed by atoms with van der Waals surface area (Å²) in [6, 6.07) is 27.6. The molecule has 5 rings (SSSR count). The van der Waals surface area contributed by atoms with Crippen LogP contribution in [0.2, 0.25) is 5.02 Å². The van der Waals surface area contributed by atoms with Crippen molar-refractivity contribution in [3.63, 3.8) is 0 Å². The number of fused-ring (bicyclic) bond motifs is 1. The lowest BCUT2D eigenvalue weighted by Crippen LogP contribution is -2.38. The van der Waals surface area contributed by atoms with Crippen LogP contribution in [-0.2, 0) is 22.5 Å². The molecule has 0 saturated carbocycles. The second-order valence-electron chi connectivity index (χ2n) is 11.4. The molecule has 2 amide bonds. The fourth-order valence-corrected chi connectivity index (χ4v) is 5.58. The van der Waals surface area contributed by atoms with Gasteiger partial charge in [-0.3, -0.25) is 15.1 Å². The Morgan fingerprint density at radius 2 is 1.70 bits per heavy atom. The van der Waals surface area contributed by atoms with Crippen LogP contribution in [0.3, 0.4) is 0 Å². The third-order valence-corrected chi connectivity index (χ3v) is 8.02. The maximum absolute atomic E-state index is 14.4. The Kier molecular flexibility index (Phi) is 9.42. The van der Waals surface area contributed by atoms with Crippen molar-refractivity contribution in [1.29, 1.82) is 0 Å². The Balaban J connectivity index is 1.57. The predicted molar refractivity (Wildman–Crippen MR) is 179 cm³/mol. The SMILES string of the molecule is COc1ccc(CN2C(=O)C(Cc3ccccc3Br)N=C(c3ccc(NC(=O)OC(C)(C)C)cc3)c3cc(Cl)ccc32)cc1. The number of halogens is 2. The van der Waals surface area contributed by atoms with Crippen molar-refractivity contribution in [3.8, 4) is 5.75 Å². The molecule has 4 aromatic carbocycles. The van der Waals surface area contributed by atoms with Crippen LogP contribution in [0, 0.1) is 0 Å². The summed E-state index contributed by atoms with van der Waals surface area (Å²) in [5, 5.41) is 3.30. The summed E-state index contributed by atoms with van der Waals surface area (Å²) < 4.78 is 11.6. The molecular formula is C35H33BrClN3O4. The van der Waals surface area contributed by atoms with Gasteiger partial charge in [0.25, 0.3) is 5.91 Å². The minimum Gasteiger partial charge on any atom is -0.497 e. The van der Waals surface area contributed by atoms with E-state index in [2.05, 4.69) is 21.2 Å². The molecule has 1 aliphatic heterocycles. The van der Waals surface area contributed by atoms with Gasteiger partial charge in [-0.2, -0.15) is 0 Å². The molecule has 4 aromatic rings. The number of hydrogen-bond donors (Lipinski definition) is 1. The molecular weight excluding hydrogens is 642 g/mol. The first-order valence-electron chi connectivity index (χ1n) is 14.2. The molecule has 1 atom stereocenters. The highest BCUT2D eigenvalue weighted by atomic mass is 79.9. The van der Waals surface area contributed by atoms with E-state index in [-0.39, 0.29) is 5.91 Å². The monoisotopic (exact) mass is 673 g/mol. The molecule has 1 aliphatic rings. The summed E-state index contributed by atoms with van der Waals surface area (Å²) in [5.74, 6) is 0.614. The van der Waals surface area contributed by atoms with Gasteiger partial charge in [0.05, 0.1) is 25.1 Å². The summed E-state index contributed by atoms with van der Waals surface area (Å²) in [5.41, 5.74) is 4.73. The normalized spacial score (nSPS) is 14.8. The highest BCUT2D eigenvalue weighted by molar-refractivity contribution is 9.10. The third-order valence-electron chi connectivity index (χ3n) is 7.02. The lowest BCUT2D eigenvalue weighted by atomic mass is 9.99. The van der Waals surface area contributed by atoms with E-state index < -0.39 is 17.7 Å². The average Bonchev–Trinajstić information content (AvgIpc) is 3.08. The summed E-state index contributed by atoms with van der Waals surface area (Å²) >= 11 is 10.2. The first-order chi connectivity index (χ1) is 21.0. The zero-order valence-corrected chi connectivity index (χ0v) is 27.3. The van der Waals surface area contributed by atoms with E-state index >= 15 is 0 Å². The minimum absolute atomic E-state index is 0.127. The zero-order chi connectivity index (χ0) is 31.4. The van der Waals surface area contributed by atoms with Gasteiger partial charge in [-0.25, -0.2) is 4.79 Å². The number of methoxy groups -OCH3 is 1. The standard InChI is InChI=1S/C35H33BrClN3O4/c1-35(2,3)44-34(42)38-26-14-11-23(12-15-26)32-28-20-25(37)13-18-31(28)40(21-22-9-16-27(43-4)17-10-22)33(41)30(39-32)19-24-7-5-6-8-29(24)36/h5-18,20,30H,19,21H2,1-4H3,(H,38,42). The van der Waals surface area contributed by atoms with Crippen molar-refractivity contribution in [2.24, 2.45) is 4.99 Å². The Morgan fingerprint density at radius 3 is 2.36 bits per heavy atom. The maximum Gasteiger partial charge on any atom is 0.412 e. The van der Waals surface area contributed by atoms with Gasteiger partial charge in [0.2, 0.25) is 0 Å². The van der Waals surface area contributed by atoms with Crippen LogP contribution in [0.25, 0.3) is 0 Å². The number of anilines is 2. The van der Waals surface area contributed by atoms with E-state index in [1.807, 2.05) is 93.6 Å². The largest absolute Gasteiger partial charge is 0.497 e. The number of carbonyl (C=O) groups excluding carboxylic acids is 2. The Labute approximate surface area is 271 Å². The number of rotatable bonds is 7. The molecule has 0 radical (unpaired) electrons. The Morgan fingerprint density at radius 1 is 1.00 bits per heavy atom. The number of nitrogens with one attached hydrogen (secondary N) is 1. The molecule has 44 heavy (non-hydrogen) atoms. The van der Waals surface area contributed by atoms with Gasteiger partial charge in [-0.05, 0) is 80.4 Å². The lowest BCUT2D eigenvalue weighted by Gasteiger charge is -2.26. The van der Waals surface area contributed by atoms with Crippen LogP contribution in [0.1, 0.15) is 43.0 Å². The Hall–Kier alpha value is -4.14. The number of amides is 2. The van der Waals surface area contributed by atoms with Crippen molar-refractivity contribution in [2.45, 2.75) is 45.4 Å². The highest BCUT2D eigenvalue weighted by Crippen LogP contribution is 2.34. The molecule has 7 nitrogen and oxygen atoms in total. The van der Waals surface area contributed by atoms with Crippen molar-refractivity contribution in [1.82, 2.24) is 0 Å². The van der Waals surface area contributed by atoms with Crippen LogP contribution in [0.15, 0.2) is 100 Å². The number of carbonyl (C=O) groups is 2. The second-order valence-corrected chi connectivity index (χ2v) is 12.7. The van der Waals surface area contributed by atoms with E-state index in [1.54, 1.807) is 30.2 Å². The molecule has 0 aromatic heterocycles.